The van der Waals surface area contributed by atoms with E-state index in [0.717, 1.165) is 17.2 Å². The van der Waals surface area contributed by atoms with Crippen molar-refractivity contribution in [2.45, 2.75) is 52.7 Å². The summed E-state index contributed by atoms with van der Waals surface area (Å²) in [6, 6.07) is 8.66. The first-order valence-corrected chi connectivity index (χ1v) is 7.44. The number of benzene rings is 1. The van der Waals surface area contributed by atoms with Gasteiger partial charge in [0.2, 0.25) is 0 Å². The molecule has 2 N–H and O–H groups in total. The zero-order valence-corrected chi connectivity index (χ0v) is 12.2. The summed E-state index contributed by atoms with van der Waals surface area (Å²) < 4.78 is 0. The zero-order chi connectivity index (χ0) is 13.7. The van der Waals surface area contributed by atoms with E-state index in [9.17, 15) is 5.11 Å². The average Bonchev–Trinajstić information content (AvgIpc) is 2.72. The van der Waals surface area contributed by atoms with Gasteiger partial charge in [-0.3, -0.25) is 0 Å². The molecule has 0 saturated heterocycles. The van der Waals surface area contributed by atoms with E-state index in [1.807, 2.05) is 18.2 Å². The number of fused-ring (bicyclic) bond motifs is 2. The van der Waals surface area contributed by atoms with Crippen LogP contribution in [0, 0.1) is 16.7 Å². The van der Waals surface area contributed by atoms with Crippen LogP contribution in [-0.4, -0.2) is 11.1 Å². The van der Waals surface area contributed by atoms with Gasteiger partial charge < -0.3 is 10.4 Å². The minimum Gasteiger partial charge on any atom is -0.392 e. The number of anilines is 1. The molecule has 19 heavy (non-hydrogen) atoms. The lowest BCUT2D eigenvalue weighted by Gasteiger charge is -2.40. The third-order valence-corrected chi connectivity index (χ3v) is 6.31. The van der Waals surface area contributed by atoms with E-state index in [2.05, 4.69) is 32.2 Å². The molecule has 1 aromatic carbocycles. The summed E-state index contributed by atoms with van der Waals surface area (Å²) in [6.07, 6.45) is 3.97. The van der Waals surface area contributed by atoms with Gasteiger partial charge in [-0.2, -0.15) is 0 Å². The molecule has 0 heterocycles. The molecule has 3 unspecified atom stereocenters. The van der Waals surface area contributed by atoms with E-state index >= 15 is 0 Å². The molecular formula is C17H25NO. The van der Waals surface area contributed by atoms with Crippen LogP contribution in [0.2, 0.25) is 0 Å². The normalized spacial score (nSPS) is 35.6. The van der Waals surface area contributed by atoms with E-state index in [-0.39, 0.29) is 6.61 Å². The minimum absolute atomic E-state index is 0.111. The van der Waals surface area contributed by atoms with Crippen LogP contribution in [0.3, 0.4) is 0 Å². The van der Waals surface area contributed by atoms with Crippen LogP contribution in [-0.2, 0) is 6.61 Å². The van der Waals surface area contributed by atoms with Gasteiger partial charge in [0.1, 0.15) is 0 Å². The second-order valence-corrected chi connectivity index (χ2v) is 7.12. The Bertz CT molecular complexity index is 482. The standard InChI is InChI=1S/C17H25NO/c1-16(2)13-8-9-17(16,3)15(10-13)18-14-7-5-4-6-12(14)11-19/h4-7,13,15,18-19H,8-11H2,1-3H3. The van der Waals surface area contributed by atoms with Gasteiger partial charge >= 0.3 is 0 Å². The minimum atomic E-state index is 0.111. The molecule has 104 valence electrons. The molecule has 0 amide bonds. The van der Waals surface area contributed by atoms with Crippen molar-refractivity contribution >= 4 is 5.69 Å². The topological polar surface area (TPSA) is 32.3 Å². The molecule has 3 atom stereocenters. The van der Waals surface area contributed by atoms with Crippen molar-refractivity contribution in [2.75, 3.05) is 5.32 Å². The van der Waals surface area contributed by atoms with Crippen molar-refractivity contribution in [3.8, 4) is 0 Å². The molecule has 2 fully saturated rings. The van der Waals surface area contributed by atoms with Crippen molar-refractivity contribution in [2.24, 2.45) is 16.7 Å². The summed E-state index contributed by atoms with van der Waals surface area (Å²) in [6.45, 7) is 7.42. The lowest BCUT2D eigenvalue weighted by molar-refractivity contribution is 0.142. The van der Waals surface area contributed by atoms with Gasteiger partial charge in [-0.25, -0.2) is 0 Å². The fourth-order valence-electron chi connectivity index (χ4n) is 4.41. The highest BCUT2D eigenvalue weighted by molar-refractivity contribution is 5.52. The fraction of sp³-hybridized carbons (Fsp3) is 0.647. The van der Waals surface area contributed by atoms with E-state index in [1.54, 1.807) is 0 Å². The molecule has 3 rings (SSSR count). The van der Waals surface area contributed by atoms with Crippen LogP contribution >= 0.6 is 0 Å². The second kappa shape index (κ2) is 4.24. The molecule has 2 heteroatoms. The summed E-state index contributed by atoms with van der Waals surface area (Å²) >= 11 is 0. The number of hydrogen-bond donors (Lipinski definition) is 2. The molecule has 2 aliphatic rings. The van der Waals surface area contributed by atoms with Crippen molar-refractivity contribution in [1.82, 2.24) is 0 Å². The summed E-state index contributed by atoms with van der Waals surface area (Å²) in [5, 5.41) is 13.2. The monoisotopic (exact) mass is 259 g/mol. The predicted octanol–water partition coefficient (Wildman–Crippen LogP) is 3.81. The fourth-order valence-corrected chi connectivity index (χ4v) is 4.41. The van der Waals surface area contributed by atoms with Crippen molar-refractivity contribution in [3.05, 3.63) is 29.8 Å². The van der Waals surface area contributed by atoms with E-state index in [0.29, 0.717) is 16.9 Å². The molecule has 2 nitrogen and oxygen atoms in total. The number of aliphatic hydroxyl groups is 1. The average molecular weight is 259 g/mol. The SMILES string of the molecule is CC1(C)C2CCC1(C)C(Nc1ccccc1CO)C2. The largest absolute Gasteiger partial charge is 0.392 e. The number of nitrogens with one attached hydrogen (secondary N) is 1. The molecular weight excluding hydrogens is 234 g/mol. The summed E-state index contributed by atoms with van der Waals surface area (Å²) in [5.74, 6) is 0.844. The Kier molecular flexibility index (Phi) is 2.90. The van der Waals surface area contributed by atoms with Crippen LogP contribution in [0.25, 0.3) is 0 Å². The van der Waals surface area contributed by atoms with Gasteiger partial charge in [0.05, 0.1) is 6.61 Å². The highest BCUT2D eigenvalue weighted by atomic mass is 16.3. The van der Waals surface area contributed by atoms with Crippen molar-refractivity contribution < 1.29 is 5.11 Å². The van der Waals surface area contributed by atoms with Crippen LogP contribution < -0.4 is 5.32 Å². The maximum Gasteiger partial charge on any atom is 0.0701 e. The van der Waals surface area contributed by atoms with Gasteiger partial charge in [0, 0.05) is 17.3 Å². The van der Waals surface area contributed by atoms with Crippen molar-refractivity contribution in [1.29, 1.82) is 0 Å². The molecule has 0 radical (unpaired) electrons. The zero-order valence-electron chi connectivity index (χ0n) is 12.2. The van der Waals surface area contributed by atoms with Crippen LogP contribution in [0.15, 0.2) is 24.3 Å². The molecule has 2 bridgehead atoms. The quantitative estimate of drug-likeness (QED) is 0.865. The molecule has 0 aliphatic heterocycles. The van der Waals surface area contributed by atoms with Gasteiger partial charge in [0.15, 0.2) is 0 Å². The Morgan fingerprint density at radius 1 is 1.26 bits per heavy atom. The Balaban J connectivity index is 1.86. The smallest absolute Gasteiger partial charge is 0.0701 e. The number of hydrogen-bond acceptors (Lipinski definition) is 2. The van der Waals surface area contributed by atoms with E-state index < -0.39 is 0 Å². The van der Waals surface area contributed by atoms with Crippen molar-refractivity contribution in [3.63, 3.8) is 0 Å². The highest BCUT2D eigenvalue weighted by Gasteiger charge is 2.61. The predicted molar refractivity (Wildman–Crippen MR) is 79.0 cm³/mol. The Hall–Kier alpha value is -1.02. The number of rotatable bonds is 3. The van der Waals surface area contributed by atoms with Crippen LogP contribution in [0.4, 0.5) is 5.69 Å². The molecule has 1 aromatic rings. The second-order valence-electron chi connectivity index (χ2n) is 7.12. The van der Waals surface area contributed by atoms with Gasteiger partial charge in [-0.1, -0.05) is 39.0 Å². The van der Waals surface area contributed by atoms with Gasteiger partial charge in [-0.05, 0) is 42.1 Å². The molecule has 0 spiro atoms. The highest BCUT2D eigenvalue weighted by Crippen LogP contribution is 2.65. The Morgan fingerprint density at radius 2 is 2.00 bits per heavy atom. The first kappa shape index (κ1) is 13.0. The Labute approximate surface area is 116 Å². The third kappa shape index (κ3) is 1.73. The maximum atomic E-state index is 9.45. The number of aliphatic hydroxyl groups excluding tert-OH is 1. The summed E-state index contributed by atoms with van der Waals surface area (Å²) in [5.41, 5.74) is 2.92. The molecule has 2 saturated carbocycles. The summed E-state index contributed by atoms with van der Waals surface area (Å²) in [4.78, 5) is 0. The van der Waals surface area contributed by atoms with Crippen LogP contribution in [0.5, 0.6) is 0 Å². The number of para-hydroxylation sites is 1. The summed E-state index contributed by atoms with van der Waals surface area (Å²) in [7, 11) is 0. The first-order chi connectivity index (χ1) is 8.99. The van der Waals surface area contributed by atoms with Gasteiger partial charge in [-0.15, -0.1) is 0 Å². The van der Waals surface area contributed by atoms with Crippen LogP contribution in [0.1, 0.15) is 45.6 Å². The van der Waals surface area contributed by atoms with E-state index in [4.69, 9.17) is 0 Å². The first-order valence-electron chi connectivity index (χ1n) is 7.44. The molecule has 2 aliphatic carbocycles. The lowest BCUT2D eigenvalue weighted by atomic mass is 9.69. The van der Waals surface area contributed by atoms with Gasteiger partial charge in [0.25, 0.3) is 0 Å². The molecule has 0 aromatic heterocycles. The maximum absolute atomic E-state index is 9.45. The third-order valence-electron chi connectivity index (χ3n) is 6.31. The lowest BCUT2D eigenvalue weighted by Crippen LogP contribution is -2.40. The van der Waals surface area contributed by atoms with E-state index in [1.165, 1.54) is 19.3 Å². The Morgan fingerprint density at radius 3 is 2.58 bits per heavy atom.